The predicted octanol–water partition coefficient (Wildman–Crippen LogP) is 1.96. The maximum Gasteiger partial charge on any atom is 0.250 e. The average Bonchev–Trinajstić information content (AvgIpc) is 2.24. The number of nitrogens with one attached hydrogen (secondary N) is 1. The van der Waals surface area contributed by atoms with E-state index in [1.54, 1.807) is 0 Å². The monoisotopic (exact) mass is 278 g/mol. The normalized spacial score (nSPS) is 26.1. The minimum Gasteiger partial charge on any atom is -0.395 e. The number of nitrogens with zero attached hydrogens (tertiary/aromatic N) is 1. The van der Waals surface area contributed by atoms with E-state index in [0.717, 1.165) is 25.9 Å². The van der Waals surface area contributed by atoms with Crippen LogP contribution in [0.3, 0.4) is 0 Å². The van der Waals surface area contributed by atoms with Crippen LogP contribution in [0.15, 0.2) is 0 Å². The van der Waals surface area contributed by atoms with Gasteiger partial charge in [0.05, 0.1) is 13.2 Å². The summed E-state index contributed by atoms with van der Waals surface area (Å²) in [5, 5.41) is 12.0. The number of alkyl halides is 2. The third-order valence-corrected chi connectivity index (χ3v) is 3.49. The molecule has 0 aromatic heterocycles. The molecule has 1 rings (SSSR count). The van der Waals surface area contributed by atoms with Crippen molar-refractivity contribution in [3.63, 3.8) is 0 Å². The van der Waals surface area contributed by atoms with Gasteiger partial charge in [-0.25, -0.2) is 8.78 Å². The molecule has 2 N–H and O–H groups in total. The highest BCUT2D eigenvalue weighted by Crippen LogP contribution is 2.30. The molecule has 0 radical (unpaired) electrons. The molecule has 1 fully saturated rings. The fourth-order valence-electron chi connectivity index (χ4n) is 3.04. The molecule has 1 aliphatic heterocycles. The van der Waals surface area contributed by atoms with Crippen LogP contribution in [0.1, 0.15) is 33.6 Å². The summed E-state index contributed by atoms with van der Waals surface area (Å²) in [5.74, 6) is 0.510. The zero-order valence-electron chi connectivity index (χ0n) is 12.3. The highest BCUT2D eigenvalue weighted by atomic mass is 19.3. The van der Waals surface area contributed by atoms with Crippen molar-refractivity contribution in [3.8, 4) is 0 Å². The number of β-amino-alcohol motifs (C(OH)–C–C–N with tert-alkyl or cyclic N) is 1. The summed E-state index contributed by atoms with van der Waals surface area (Å²) in [6, 6.07) is 0.113. The molecule has 0 saturated carbocycles. The Bertz CT molecular complexity index is 256. The molecule has 1 heterocycles. The Kier molecular flexibility index (Phi) is 6.63. The second-order valence-corrected chi connectivity index (χ2v) is 6.85. The van der Waals surface area contributed by atoms with E-state index in [2.05, 4.69) is 31.0 Å². The van der Waals surface area contributed by atoms with Crippen LogP contribution in [0.5, 0.6) is 0 Å². The standard InChI is InChI=1S/C14H28F2N2O/c1-14(2,3)7-11-6-12(17-8-13(15)16)10-18(9-11)4-5-19/h11-13,17,19H,4-10H2,1-3H3. The number of hydrogen-bond donors (Lipinski definition) is 2. The summed E-state index contributed by atoms with van der Waals surface area (Å²) in [5.41, 5.74) is 0.250. The Hall–Kier alpha value is -0.260. The molecule has 0 bridgehead atoms. The smallest absolute Gasteiger partial charge is 0.250 e. The van der Waals surface area contributed by atoms with Gasteiger partial charge in [0.2, 0.25) is 0 Å². The molecule has 0 amide bonds. The van der Waals surface area contributed by atoms with E-state index in [9.17, 15) is 8.78 Å². The molecule has 5 heteroatoms. The maximum atomic E-state index is 12.3. The topological polar surface area (TPSA) is 35.5 Å². The summed E-state index contributed by atoms with van der Waals surface area (Å²) >= 11 is 0. The third-order valence-electron chi connectivity index (χ3n) is 3.49. The van der Waals surface area contributed by atoms with Gasteiger partial charge in [-0.05, 0) is 24.2 Å². The van der Waals surface area contributed by atoms with E-state index in [0.29, 0.717) is 12.5 Å². The van der Waals surface area contributed by atoms with Crippen molar-refractivity contribution in [2.75, 3.05) is 32.8 Å². The zero-order valence-corrected chi connectivity index (χ0v) is 12.3. The van der Waals surface area contributed by atoms with Crippen molar-refractivity contribution in [2.45, 2.75) is 46.1 Å². The van der Waals surface area contributed by atoms with Crippen LogP contribution >= 0.6 is 0 Å². The Morgan fingerprint density at radius 1 is 1.32 bits per heavy atom. The molecule has 1 saturated heterocycles. The first-order valence-electron chi connectivity index (χ1n) is 7.15. The molecular weight excluding hydrogens is 250 g/mol. The lowest BCUT2D eigenvalue weighted by Crippen LogP contribution is -2.51. The van der Waals surface area contributed by atoms with Gasteiger partial charge in [-0.2, -0.15) is 0 Å². The molecule has 3 nitrogen and oxygen atoms in total. The number of halogens is 2. The molecule has 19 heavy (non-hydrogen) atoms. The average molecular weight is 278 g/mol. The van der Waals surface area contributed by atoms with Crippen molar-refractivity contribution >= 4 is 0 Å². The first-order valence-corrected chi connectivity index (χ1v) is 7.15. The van der Waals surface area contributed by atoms with Crippen molar-refractivity contribution in [3.05, 3.63) is 0 Å². The lowest BCUT2D eigenvalue weighted by Gasteiger charge is -2.40. The Labute approximate surface area is 115 Å². The molecule has 0 aromatic rings. The molecular formula is C14H28F2N2O. The van der Waals surface area contributed by atoms with Gasteiger partial charge in [-0.15, -0.1) is 0 Å². The molecule has 2 unspecified atom stereocenters. The summed E-state index contributed by atoms with van der Waals surface area (Å²) in [6.07, 6.45) is -0.262. The van der Waals surface area contributed by atoms with Crippen LogP contribution in [0.2, 0.25) is 0 Å². The zero-order chi connectivity index (χ0) is 14.5. The van der Waals surface area contributed by atoms with Crippen LogP contribution in [-0.4, -0.2) is 55.3 Å². The minimum atomic E-state index is -2.30. The van der Waals surface area contributed by atoms with Gasteiger partial charge in [-0.1, -0.05) is 20.8 Å². The molecule has 114 valence electrons. The number of aliphatic hydroxyl groups excluding tert-OH is 1. The number of piperidine rings is 1. The van der Waals surface area contributed by atoms with Gasteiger partial charge in [-0.3, -0.25) is 4.90 Å². The van der Waals surface area contributed by atoms with Gasteiger partial charge in [0.25, 0.3) is 6.43 Å². The van der Waals surface area contributed by atoms with E-state index >= 15 is 0 Å². The van der Waals surface area contributed by atoms with Crippen molar-refractivity contribution in [1.29, 1.82) is 0 Å². The van der Waals surface area contributed by atoms with Crippen molar-refractivity contribution in [2.24, 2.45) is 11.3 Å². The van der Waals surface area contributed by atoms with Gasteiger partial charge >= 0.3 is 0 Å². The maximum absolute atomic E-state index is 12.3. The summed E-state index contributed by atoms with van der Waals surface area (Å²) in [6.45, 7) is 8.87. The van der Waals surface area contributed by atoms with Crippen molar-refractivity contribution < 1.29 is 13.9 Å². The minimum absolute atomic E-state index is 0.113. The van der Waals surface area contributed by atoms with E-state index in [1.165, 1.54) is 0 Å². The molecule has 2 atom stereocenters. The Balaban J connectivity index is 2.52. The third kappa shape index (κ3) is 7.18. The lowest BCUT2D eigenvalue weighted by atomic mass is 9.80. The van der Waals surface area contributed by atoms with Gasteiger partial charge in [0.15, 0.2) is 0 Å². The van der Waals surface area contributed by atoms with E-state index in [1.807, 2.05) is 0 Å². The van der Waals surface area contributed by atoms with Gasteiger partial charge in [0.1, 0.15) is 0 Å². The SMILES string of the molecule is CC(C)(C)CC1CC(NCC(F)F)CN(CCO)C1. The summed E-state index contributed by atoms with van der Waals surface area (Å²) in [4.78, 5) is 2.18. The fourth-order valence-corrected chi connectivity index (χ4v) is 3.04. The van der Waals surface area contributed by atoms with E-state index < -0.39 is 6.43 Å². The number of aliphatic hydroxyl groups is 1. The van der Waals surface area contributed by atoms with E-state index in [-0.39, 0.29) is 24.6 Å². The van der Waals surface area contributed by atoms with Gasteiger partial charge < -0.3 is 10.4 Å². The first kappa shape index (κ1) is 16.8. The molecule has 0 aliphatic carbocycles. The number of likely N-dealkylation sites (tertiary alicyclic amines) is 1. The van der Waals surface area contributed by atoms with Crippen molar-refractivity contribution in [1.82, 2.24) is 10.2 Å². The van der Waals surface area contributed by atoms with E-state index in [4.69, 9.17) is 5.11 Å². The van der Waals surface area contributed by atoms with Crippen LogP contribution < -0.4 is 5.32 Å². The van der Waals surface area contributed by atoms with Crippen LogP contribution in [0.4, 0.5) is 8.78 Å². The summed E-state index contributed by atoms with van der Waals surface area (Å²) in [7, 11) is 0. The van der Waals surface area contributed by atoms with Crippen LogP contribution in [0.25, 0.3) is 0 Å². The quantitative estimate of drug-likeness (QED) is 0.779. The highest BCUT2D eigenvalue weighted by molar-refractivity contribution is 4.85. The molecule has 0 spiro atoms. The second-order valence-electron chi connectivity index (χ2n) is 6.85. The summed E-state index contributed by atoms with van der Waals surface area (Å²) < 4.78 is 24.6. The van der Waals surface area contributed by atoms with Crippen LogP contribution in [-0.2, 0) is 0 Å². The second kappa shape index (κ2) is 7.50. The van der Waals surface area contributed by atoms with Gasteiger partial charge in [0, 0.05) is 25.7 Å². The number of hydrogen-bond acceptors (Lipinski definition) is 3. The Morgan fingerprint density at radius 3 is 2.53 bits per heavy atom. The number of rotatable bonds is 6. The molecule has 1 aliphatic rings. The van der Waals surface area contributed by atoms with Crippen LogP contribution in [0, 0.1) is 11.3 Å². The largest absolute Gasteiger partial charge is 0.395 e. The Morgan fingerprint density at radius 2 is 2.00 bits per heavy atom. The predicted molar refractivity (Wildman–Crippen MR) is 73.5 cm³/mol. The fraction of sp³-hybridized carbons (Fsp3) is 1.00. The first-order chi connectivity index (χ1) is 8.80. The lowest BCUT2D eigenvalue weighted by molar-refractivity contribution is 0.0831. The highest BCUT2D eigenvalue weighted by Gasteiger charge is 2.29. The molecule has 0 aromatic carbocycles.